The molecule has 0 aromatic rings. The van der Waals surface area contributed by atoms with Crippen molar-refractivity contribution < 1.29 is 5.11 Å². The van der Waals surface area contributed by atoms with E-state index in [-0.39, 0.29) is 5.60 Å². The molecule has 104 valence electrons. The second kappa shape index (κ2) is 4.79. The lowest BCUT2D eigenvalue weighted by molar-refractivity contribution is -0.0494. The van der Waals surface area contributed by atoms with Crippen LogP contribution in [-0.4, -0.2) is 34.7 Å². The SMILES string of the molecule is CC(C)N1CCC(O)(CC2CC3CCC2C3)CC1. The maximum Gasteiger partial charge on any atom is 0.0674 e. The van der Waals surface area contributed by atoms with Gasteiger partial charge >= 0.3 is 0 Å². The maximum atomic E-state index is 10.8. The lowest BCUT2D eigenvalue weighted by atomic mass is 9.76. The molecule has 0 radical (unpaired) electrons. The van der Waals surface area contributed by atoms with Crippen LogP contribution in [0, 0.1) is 17.8 Å². The van der Waals surface area contributed by atoms with Crippen molar-refractivity contribution in [2.75, 3.05) is 13.1 Å². The molecule has 1 aliphatic heterocycles. The highest BCUT2D eigenvalue weighted by atomic mass is 16.3. The van der Waals surface area contributed by atoms with Gasteiger partial charge in [0.25, 0.3) is 0 Å². The van der Waals surface area contributed by atoms with Gasteiger partial charge < -0.3 is 10.0 Å². The molecule has 2 aliphatic carbocycles. The van der Waals surface area contributed by atoms with Crippen molar-refractivity contribution in [3.8, 4) is 0 Å². The van der Waals surface area contributed by atoms with E-state index in [1.54, 1.807) is 0 Å². The summed E-state index contributed by atoms with van der Waals surface area (Å²) in [5.41, 5.74) is -0.333. The van der Waals surface area contributed by atoms with Crippen molar-refractivity contribution >= 4 is 0 Å². The molecule has 3 atom stereocenters. The fourth-order valence-electron chi connectivity index (χ4n) is 4.78. The number of piperidine rings is 1. The molecule has 3 aliphatic rings. The van der Waals surface area contributed by atoms with Crippen molar-refractivity contribution in [3.63, 3.8) is 0 Å². The summed E-state index contributed by atoms with van der Waals surface area (Å²) in [6, 6.07) is 0.636. The maximum absolute atomic E-state index is 10.8. The van der Waals surface area contributed by atoms with Gasteiger partial charge in [-0.2, -0.15) is 0 Å². The third kappa shape index (κ3) is 2.46. The first kappa shape index (κ1) is 12.9. The average molecular weight is 251 g/mol. The number of nitrogens with zero attached hydrogens (tertiary/aromatic N) is 1. The van der Waals surface area contributed by atoms with E-state index in [0.717, 1.165) is 50.1 Å². The Morgan fingerprint density at radius 2 is 1.89 bits per heavy atom. The summed E-state index contributed by atoms with van der Waals surface area (Å²) in [5, 5.41) is 10.8. The molecule has 3 fully saturated rings. The number of aliphatic hydroxyl groups is 1. The molecule has 2 saturated carbocycles. The Bertz CT molecular complexity index is 293. The molecule has 18 heavy (non-hydrogen) atoms. The molecule has 1 heterocycles. The van der Waals surface area contributed by atoms with Crippen molar-refractivity contribution in [1.82, 2.24) is 4.90 Å². The summed E-state index contributed by atoms with van der Waals surface area (Å²) < 4.78 is 0. The Kier molecular flexibility index (Phi) is 3.44. The molecule has 1 N–H and O–H groups in total. The highest BCUT2D eigenvalue weighted by Gasteiger charge is 2.44. The quantitative estimate of drug-likeness (QED) is 0.833. The topological polar surface area (TPSA) is 23.5 Å². The molecule has 0 aromatic heterocycles. The minimum absolute atomic E-state index is 0.333. The van der Waals surface area contributed by atoms with Crippen LogP contribution in [0.1, 0.15) is 58.8 Å². The van der Waals surface area contributed by atoms with Crippen LogP contribution in [0.4, 0.5) is 0 Å². The summed E-state index contributed by atoms with van der Waals surface area (Å²) in [7, 11) is 0. The van der Waals surface area contributed by atoms with Gasteiger partial charge in [-0.1, -0.05) is 6.42 Å². The average Bonchev–Trinajstić information content (AvgIpc) is 2.91. The number of likely N-dealkylation sites (tertiary alicyclic amines) is 1. The minimum Gasteiger partial charge on any atom is -0.390 e. The highest BCUT2D eigenvalue weighted by molar-refractivity contribution is 4.96. The Hall–Kier alpha value is -0.0800. The Balaban J connectivity index is 1.53. The van der Waals surface area contributed by atoms with E-state index in [1.807, 2.05) is 0 Å². The van der Waals surface area contributed by atoms with E-state index in [2.05, 4.69) is 18.7 Å². The summed E-state index contributed by atoms with van der Waals surface area (Å²) >= 11 is 0. The fraction of sp³-hybridized carbons (Fsp3) is 1.00. The van der Waals surface area contributed by atoms with Gasteiger partial charge in [-0.3, -0.25) is 0 Å². The van der Waals surface area contributed by atoms with Crippen LogP contribution < -0.4 is 0 Å². The minimum atomic E-state index is -0.333. The Morgan fingerprint density at radius 3 is 2.39 bits per heavy atom. The third-order valence-corrected chi connectivity index (χ3v) is 5.99. The van der Waals surface area contributed by atoms with Gasteiger partial charge in [0, 0.05) is 19.1 Å². The monoisotopic (exact) mass is 251 g/mol. The highest BCUT2D eigenvalue weighted by Crippen LogP contribution is 2.51. The standard InChI is InChI=1S/C16H29NO/c1-12(2)17-7-5-16(18,6-8-17)11-15-10-13-3-4-14(15)9-13/h12-15,18H,3-11H2,1-2H3. The Morgan fingerprint density at radius 1 is 1.17 bits per heavy atom. The number of hydrogen-bond acceptors (Lipinski definition) is 2. The molecular formula is C16H29NO. The zero-order chi connectivity index (χ0) is 12.8. The molecule has 0 amide bonds. The summed E-state index contributed by atoms with van der Waals surface area (Å²) in [6.07, 6.45) is 8.90. The van der Waals surface area contributed by atoms with Gasteiger partial charge in [-0.25, -0.2) is 0 Å². The van der Waals surface area contributed by atoms with Gasteiger partial charge in [0.05, 0.1) is 5.60 Å². The second-order valence-electron chi connectivity index (χ2n) is 7.49. The van der Waals surface area contributed by atoms with Crippen LogP contribution in [-0.2, 0) is 0 Å². The summed E-state index contributed by atoms with van der Waals surface area (Å²) in [6.45, 7) is 6.71. The molecule has 2 heteroatoms. The van der Waals surface area contributed by atoms with Crippen LogP contribution in [0.2, 0.25) is 0 Å². The Labute approximate surface area is 112 Å². The van der Waals surface area contributed by atoms with Gasteiger partial charge in [-0.15, -0.1) is 0 Å². The third-order valence-electron chi connectivity index (χ3n) is 5.99. The molecule has 0 aromatic carbocycles. The van der Waals surface area contributed by atoms with Crippen LogP contribution in [0.15, 0.2) is 0 Å². The summed E-state index contributed by atoms with van der Waals surface area (Å²) in [4.78, 5) is 2.51. The molecule has 3 unspecified atom stereocenters. The van der Waals surface area contributed by atoms with Crippen molar-refractivity contribution in [2.45, 2.75) is 70.4 Å². The number of hydrogen-bond donors (Lipinski definition) is 1. The van der Waals surface area contributed by atoms with Crippen LogP contribution in [0.3, 0.4) is 0 Å². The van der Waals surface area contributed by atoms with Crippen LogP contribution in [0.25, 0.3) is 0 Å². The van der Waals surface area contributed by atoms with E-state index in [1.165, 1.54) is 25.7 Å². The van der Waals surface area contributed by atoms with E-state index in [4.69, 9.17) is 0 Å². The normalized spacial score (nSPS) is 39.7. The zero-order valence-electron chi connectivity index (χ0n) is 12.1. The van der Waals surface area contributed by atoms with Gasteiger partial charge in [-0.05, 0) is 70.1 Å². The number of rotatable bonds is 3. The largest absolute Gasteiger partial charge is 0.390 e. The predicted octanol–water partition coefficient (Wildman–Crippen LogP) is 3.05. The molecule has 1 saturated heterocycles. The van der Waals surface area contributed by atoms with Gasteiger partial charge in [0.1, 0.15) is 0 Å². The lowest BCUT2D eigenvalue weighted by Gasteiger charge is -2.42. The molecule has 0 spiro atoms. The molecule has 2 bridgehead atoms. The summed E-state index contributed by atoms with van der Waals surface area (Å²) in [5.74, 6) is 2.82. The van der Waals surface area contributed by atoms with Crippen molar-refractivity contribution in [3.05, 3.63) is 0 Å². The van der Waals surface area contributed by atoms with E-state index in [9.17, 15) is 5.11 Å². The zero-order valence-corrected chi connectivity index (χ0v) is 12.1. The lowest BCUT2D eigenvalue weighted by Crippen LogP contribution is -2.47. The first-order valence-corrected chi connectivity index (χ1v) is 8.02. The molecule has 2 nitrogen and oxygen atoms in total. The number of fused-ring (bicyclic) bond motifs is 2. The van der Waals surface area contributed by atoms with E-state index in [0.29, 0.717) is 6.04 Å². The van der Waals surface area contributed by atoms with Crippen LogP contribution in [0.5, 0.6) is 0 Å². The molecular weight excluding hydrogens is 222 g/mol. The first-order chi connectivity index (χ1) is 8.56. The van der Waals surface area contributed by atoms with E-state index < -0.39 is 0 Å². The van der Waals surface area contributed by atoms with Gasteiger partial charge in [0.15, 0.2) is 0 Å². The first-order valence-electron chi connectivity index (χ1n) is 8.02. The van der Waals surface area contributed by atoms with Crippen molar-refractivity contribution in [2.24, 2.45) is 17.8 Å². The van der Waals surface area contributed by atoms with E-state index >= 15 is 0 Å². The molecule has 3 rings (SSSR count). The van der Waals surface area contributed by atoms with Crippen molar-refractivity contribution in [1.29, 1.82) is 0 Å². The second-order valence-corrected chi connectivity index (χ2v) is 7.49. The van der Waals surface area contributed by atoms with Gasteiger partial charge in [0.2, 0.25) is 0 Å². The smallest absolute Gasteiger partial charge is 0.0674 e. The fourth-order valence-corrected chi connectivity index (χ4v) is 4.78. The van der Waals surface area contributed by atoms with Crippen LogP contribution >= 0.6 is 0 Å². The predicted molar refractivity (Wildman–Crippen MR) is 74.4 cm³/mol.